The van der Waals surface area contributed by atoms with Crippen LogP contribution in [0.15, 0.2) is 24.3 Å². The smallest absolute Gasteiger partial charge is 0.124 e. The van der Waals surface area contributed by atoms with Gasteiger partial charge in [-0.15, -0.1) is 0 Å². The minimum atomic E-state index is -0.258. The molecule has 17 heavy (non-hydrogen) atoms. The number of fused-ring (bicyclic) bond motifs is 1. The van der Waals surface area contributed by atoms with Gasteiger partial charge >= 0.3 is 0 Å². The lowest BCUT2D eigenvalue weighted by molar-refractivity contribution is 0.304. The fourth-order valence-electron chi connectivity index (χ4n) is 1.95. The lowest BCUT2D eigenvalue weighted by Gasteiger charge is -2.17. The summed E-state index contributed by atoms with van der Waals surface area (Å²) >= 11 is 0. The average molecular weight is 230 g/mol. The van der Waals surface area contributed by atoms with Crippen molar-refractivity contribution in [1.29, 1.82) is 5.26 Å². The van der Waals surface area contributed by atoms with E-state index >= 15 is 0 Å². The van der Waals surface area contributed by atoms with E-state index in [1.165, 1.54) is 5.56 Å². The summed E-state index contributed by atoms with van der Waals surface area (Å²) in [5.41, 5.74) is 0.966. The molecule has 0 radical (unpaired) electrons. The van der Waals surface area contributed by atoms with Crippen LogP contribution in [0.5, 0.6) is 5.75 Å². The summed E-state index contributed by atoms with van der Waals surface area (Å²) in [6.45, 7) is 5.46. The van der Waals surface area contributed by atoms with Gasteiger partial charge in [0.25, 0.3) is 0 Å². The number of ether oxygens (including phenoxy) is 1. The highest BCUT2D eigenvalue weighted by atomic mass is 16.5. The molecular formula is C14H18N2O. The van der Waals surface area contributed by atoms with Gasteiger partial charge in [0.05, 0.1) is 17.5 Å². The molecule has 1 aromatic carbocycles. The topological polar surface area (TPSA) is 45.0 Å². The summed E-state index contributed by atoms with van der Waals surface area (Å²) in [5, 5.41) is 12.4. The van der Waals surface area contributed by atoms with Gasteiger partial charge in [-0.3, -0.25) is 0 Å². The van der Waals surface area contributed by atoms with Crippen LogP contribution in [0.2, 0.25) is 0 Å². The van der Waals surface area contributed by atoms with Crippen molar-refractivity contribution < 1.29 is 4.74 Å². The van der Waals surface area contributed by atoms with E-state index in [0.717, 1.165) is 18.7 Å². The second-order valence-electron chi connectivity index (χ2n) is 5.10. The summed E-state index contributed by atoms with van der Waals surface area (Å²) in [4.78, 5) is 0. The Labute approximate surface area is 102 Å². The van der Waals surface area contributed by atoms with Gasteiger partial charge in [0, 0.05) is 5.56 Å². The largest absolute Gasteiger partial charge is 0.491 e. The Bertz CT molecular complexity index is 434. The highest BCUT2D eigenvalue weighted by Gasteiger charge is 2.24. The monoisotopic (exact) mass is 230 g/mol. The molecule has 0 fully saturated rings. The third-order valence-corrected chi connectivity index (χ3v) is 3.14. The number of hydrogen-bond donors (Lipinski definition) is 1. The van der Waals surface area contributed by atoms with Crippen LogP contribution in [0, 0.1) is 16.7 Å². The average Bonchev–Trinajstić information content (AvgIpc) is 2.73. The Hall–Kier alpha value is -1.53. The molecule has 0 aromatic heterocycles. The van der Waals surface area contributed by atoms with Gasteiger partial charge < -0.3 is 10.1 Å². The quantitative estimate of drug-likeness (QED) is 0.864. The molecular weight excluding hydrogens is 212 g/mol. The maximum atomic E-state index is 8.94. The van der Waals surface area contributed by atoms with Gasteiger partial charge in [-0.2, -0.15) is 5.26 Å². The molecule has 3 nitrogen and oxygen atoms in total. The van der Waals surface area contributed by atoms with Crippen LogP contribution in [0.3, 0.4) is 0 Å². The normalized spacial score (nSPS) is 18.3. The van der Waals surface area contributed by atoms with Crippen LogP contribution in [-0.2, 0) is 0 Å². The SMILES string of the molecule is CC(C)(C#N)CCNC1COc2ccccc21. The number of rotatable bonds is 4. The summed E-state index contributed by atoms with van der Waals surface area (Å²) < 4.78 is 5.59. The standard InChI is InChI=1S/C14H18N2O/c1-14(2,10-15)7-8-16-12-9-17-13-6-4-3-5-11(12)13/h3-6,12,16H,7-9H2,1-2H3. The summed E-state index contributed by atoms with van der Waals surface area (Å²) in [5.74, 6) is 0.976. The molecule has 0 saturated heterocycles. The van der Waals surface area contributed by atoms with E-state index in [-0.39, 0.29) is 11.5 Å². The van der Waals surface area contributed by atoms with Crippen LogP contribution in [-0.4, -0.2) is 13.2 Å². The lowest BCUT2D eigenvalue weighted by atomic mass is 9.91. The minimum Gasteiger partial charge on any atom is -0.491 e. The zero-order valence-corrected chi connectivity index (χ0v) is 10.4. The number of benzene rings is 1. The molecule has 1 aliphatic rings. The highest BCUT2D eigenvalue weighted by Crippen LogP contribution is 2.31. The van der Waals surface area contributed by atoms with Crippen molar-refractivity contribution >= 4 is 0 Å². The molecule has 1 unspecified atom stereocenters. The van der Waals surface area contributed by atoms with Crippen LogP contribution in [0.25, 0.3) is 0 Å². The zero-order chi connectivity index (χ0) is 12.3. The van der Waals surface area contributed by atoms with Crippen molar-refractivity contribution in [2.75, 3.05) is 13.2 Å². The summed E-state index contributed by atoms with van der Waals surface area (Å²) in [6, 6.07) is 10.7. The van der Waals surface area contributed by atoms with E-state index in [1.807, 2.05) is 32.0 Å². The van der Waals surface area contributed by atoms with Crippen LogP contribution < -0.4 is 10.1 Å². The van der Waals surface area contributed by atoms with Gasteiger partial charge in [0.1, 0.15) is 12.4 Å². The second-order valence-corrected chi connectivity index (χ2v) is 5.10. The number of nitrogens with zero attached hydrogens (tertiary/aromatic N) is 1. The van der Waals surface area contributed by atoms with Gasteiger partial charge in [-0.25, -0.2) is 0 Å². The molecule has 3 heteroatoms. The van der Waals surface area contributed by atoms with Crippen LogP contribution >= 0.6 is 0 Å². The maximum absolute atomic E-state index is 8.94. The van der Waals surface area contributed by atoms with Crippen molar-refractivity contribution in [3.8, 4) is 11.8 Å². The van der Waals surface area contributed by atoms with Crippen molar-refractivity contribution in [3.63, 3.8) is 0 Å². The Morgan fingerprint density at radius 2 is 2.24 bits per heavy atom. The molecule has 1 N–H and O–H groups in total. The molecule has 90 valence electrons. The molecule has 0 aliphatic carbocycles. The first-order valence-corrected chi connectivity index (χ1v) is 5.99. The van der Waals surface area contributed by atoms with Crippen LogP contribution in [0.1, 0.15) is 31.9 Å². The predicted molar refractivity (Wildman–Crippen MR) is 66.7 cm³/mol. The van der Waals surface area contributed by atoms with E-state index in [4.69, 9.17) is 10.00 Å². The van der Waals surface area contributed by atoms with Crippen molar-refractivity contribution in [2.45, 2.75) is 26.3 Å². The first-order valence-electron chi connectivity index (χ1n) is 5.99. The number of nitrogens with one attached hydrogen (secondary N) is 1. The third kappa shape index (κ3) is 2.78. The summed E-state index contributed by atoms with van der Waals surface area (Å²) in [7, 11) is 0. The van der Waals surface area contributed by atoms with Gasteiger partial charge in [0.2, 0.25) is 0 Å². The first kappa shape index (κ1) is 11.9. The molecule has 0 bridgehead atoms. The van der Waals surface area contributed by atoms with Crippen molar-refractivity contribution in [2.24, 2.45) is 5.41 Å². The van der Waals surface area contributed by atoms with Gasteiger partial charge in [-0.1, -0.05) is 18.2 Å². The van der Waals surface area contributed by atoms with Crippen molar-refractivity contribution in [3.05, 3.63) is 29.8 Å². The van der Waals surface area contributed by atoms with E-state index in [2.05, 4.69) is 17.5 Å². The van der Waals surface area contributed by atoms with E-state index in [9.17, 15) is 0 Å². The second kappa shape index (κ2) is 4.77. The highest BCUT2D eigenvalue weighted by molar-refractivity contribution is 5.39. The third-order valence-electron chi connectivity index (χ3n) is 3.14. The zero-order valence-electron chi connectivity index (χ0n) is 10.4. The molecule has 1 aliphatic heterocycles. The molecule has 0 saturated carbocycles. The number of para-hydroxylation sites is 1. The molecule has 2 rings (SSSR count). The lowest BCUT2D eigenvalue weighted by Crippen LogP contribution is -2.26. The predicted octanol–water partition coefficient (Wildman–Crippen LogP) is 2.65. The Balaban J connectivity index is 1.89. The Morgan fingerprint density at radius 1 is 1.47 bits per heavy atom. The fraction of sp³-hybridized carbons (Fsp3) is 0.500. The van der Waals surface area contributed by atoms with E-state index in [0.29, 0.717) is 6.61 Å². The molecule has 0 spiro atoms. The molecule has 1 heterocycles. The summed E-state index contributed by atoms with van der Waals surface area (Å²) in [6.07, 6.45) is 0.849. The Morgan fingerprint density at radius 3 is 3.00 bits per heavy atom. The van der Waals surface area contributed by atoms with Gasteiger partial charge in [0.15, 0.2) is 0 Å². The van der Waals surface area contributed by atoms with Crippen LogP contribution in [0.4, 0.5) is 0 Å². The van der Waals surface area contributed by atoms with Gasteiger partial charge in [-0.05, 0) is 32.9 Å². The minimum absolute atomic E-state index is 0.258. The maximum Gasteiger partial charge on any atom is 0.124 e. The van der Waals surface area contributed by atoms with E-state index < -0.39 is 0 Å². The number of nitriles is 1. The molecule has 0 amide bonds. The Kier molecular flexibility index (Phi) is 3.35. The molecule has 1 aromatic rings. The molecule has 1 atom stereocenters. The first-order chi connectivity index (χ1) is 8.12. The number of hydrogen-bond acceptors (Lipinski definition) is 3. The fourth-order valence-corrected chi connectivity index (χ4v) is 1.95. The van der Waals surface area contributed by atoms with E-state index in [1.54, 1.807) is 0 Å². The van der Waals surface area contributed by atoms with Crippen molar-refractivity contribution in [1.82, 2.24) is 5.32 Å².